The molecule has 0 bridgehead atoms. The van der Waals surface area contributed by atoms with Crippen molar-refractivity contribution in [3.05, 3.63) is 35.2 Å². The lowest BCUT2D eigenvalue weighted by atomic mass is 9.86. The minimum Gasteiger partial charge on any atom is -0.277 e. The Morgan fingerprint density at radius 2 is 1.83 bits per heavy atom. The van der Waals surface area contributed by atoms with Crippen LogP contribution in [0.15, 0.2) is 29.6 Å². The normalized spacial score (nSPS) is 15.5. The molecule has 5 heteroatoms. The highest BCUT2D eigenvalue weighted by Crippen LogP contribution is 2.28. The summed E-state index contributed by atoms with van der Waals surface area (Å²) in [6, 6.07) is 8.72. The van der Waals surface area contributed by atoms with Crippen molar-refractivity contribution in [1.29, 1.82) is 0 Å². The number of amidine groups is 1. The molecule has 24 heavy (non-hydrogen) atoms. The molecule has 1 aliphatic heterocycles. The third kappa shape index (κ3) is 4.35. The predicted octanol–water partition coefficient (Wildman–Crippen LogP) is 3.08. The van der Waals surface area contributed by atoms with Gasteiger partial charge in [0, 0.05) is 10.9 Å². The quantitative estimate of drug-likeness (QED) is 0.751. The standard InChI is InChI=1S/C19H26N4S/c1-19(2,3)15-10-8-14(9-11-15)16-13-24-18(21-16)23-22-17-7-5-4-6-12-20-17/h8-11,13H,4-7,12H2,1-3H3,(H,20,22)(H,21,23)/p+1. The minimum absolute atomic E-state index is 0.181. The highest BCUT2D eigenvalue weighted by atomic mass is 32.1. The van der Waals surface area contributed by atoms with Crippen molar-refractivity contribution in [2.75, 3.05) is 12.0 Å². The van der Waals surface area contributed by atoms with E-state index in [1.54, 1.807) is 11.3 Å². The zero-order valence-corrected chi connectivity index (χ0v) is 15.6. The Bertz CT molecular complexity index is 695. The van der Waals surface area contributed by atoms with Gasteiger partial charge < -0.3 is 0 Å². The molecule has 0 amide bonds. The number of hydrogen-bond donors (Lipinski definition) is 3. The Kier molecular flexibility index (Phi) is 5.19. The van der Waals surface area contributed by atoms with Gasteiger partial charge in [0.2, 0.25) is 5.13 Å². The van der Waals surface area contributed by atoms with E-state index in [0.29, 0.717) is 0 Å². The number of nitrogens with zero attached hydrogens (tertiary/aromatic N) is 1. The van der Waals surface area contributed by atoms with E-state index in [0.717, 1.165) is 29.4 Å². The lowest BCUT2D eigenvalue weighted by Gasteiger charge is -2.18. The number of aromatic nitrogens is 1. The van der Waals surface area contributed by atoms with Crippen molar-refractivity contribution in [3.63, 3.8) is 0 Å². The van der Waals surface area contributed by atoms with Crippen molar-refractivity contribution >= 4 is 22.3 Å². The molecule has 0 unspecified atom stereocenters. The van der Waals surface area contributed by atoms with Crippen LogP contribution in [-0.4, -0.2) is 17.4 Å². The van der Waals surface area contributed by atoms with E-state index in [1.165, 1.54) is 30.7 Å². The third-order valence-corrected chi connectivity index (χ3v) is 5.07. The average molecular weight is 344 g/mol. The molecular weight excluding hydrogens is 316 g/mol. The summed E-state index contributed by atoms with van der Waals surface area (Å²) < 4.78 is 0. The number of hydrazine groups is 1. The molecule has 1 aromatic heterocycles. The van der Waals surface area contributed by atoms with Crippen LogP contribution in [0.3, 0.4) is 0 Å². The summed E-state index contributed by atoms with van der Waals surface area (Å²) in [4.78, 5) is 8.11. The molecule has 0 aliphatic carbocycles. The summed E-state index contributed by atoms with van der Waals surface area (Å²) in [5, 5.41) is 2.99. The van der Waals surface area contributed by atoms with Crippen molar-refractivity contribution in [2.45, 2.75) is 51.9 Å². The highest BCUT2D eigenvalue weighted by molar-refractivity contribution is 7.14. The molecule has 0 saturated carbocycles. The van der Waals surface area contributed by atoms with E-state index in [1.807, 2.05) is 0 Å². The fraction of sp³-hybridized carbons (Fsp3) is 0.474. The minimum atomic E-state index is 0.181. The van der Waals surface area contributed by atoms with E-state index in [9.17, 15) is 0 Å². The first-order valence-corrected chi connectivity index (χ1v) is 9.58. The van der Waals surface area contributed by atoms with Gasteiger partial charge in [-0.05, 0) is 30.2 Å². The number of hydrogen-bond acceptors (Lipinski definition) is 4. The van der Waals surface area contributed by atoms with Crippen LogP contribution < -0.4 is 15.8 Å². The molecule has 3 rings (SSSR count). The smallest absolute Gasteiger partial charge is 0.265 e. The maximum atomic E-state index is 4.68. The third-order valence-electron chi connectivity index (χ3n) is 4.31. The van der Waals surface area contributed by atoms with Crippen LogP contribution in [0.25, 0.3) is 11.3 Å². The summed E-state index contributed by atoms with van der Waals surface area (Å²) in [6.45, 7) is 7.75. The summed E-state index contributed by atoms with van der Waals surface area (Å²) >= 11 is 1.62. The van der Waals surface area contributed by atoms with Gasteiger partial charge in [-0.3, -0.25) is 4.99 Å². The lowest BCUT2D eigenvalue weighted by Crippen LogP contribution is -2.76. The highest BCUT2D eigenvalue weighted by Gasteiger charge is 2.14. The molecule has 2 aromatic rings. The zero-order chi connectivity index (χ0) is 17.0. The Hall–Kier alpha value is -1.88. The lowest BCUT2D eigenvalue weighted by molar-refractivity contribution is -0.459. The summed E-state index contributed by atoms with van der Waals surface area (Å²) in [7, 11) is 0. The topological polar surface area (TPSA) is 50.9 Å². The van der Waals surface area contributed by atoms with E-state index >= 15 is 0 Å². The first-order chi connectivity index (χ1) is 11.5. The van der Waals surface area contributed by atoms with E-state index in [4.69, 9.17) is 0 Å². The molecule has 0 fully saturated rings. The maximum absolute atomic E-state index is 4.68. The Labute approximate surface area is 148 Å². The van der Waals surface area contributed by atoms with Gasteiger partial charge >= 0.3 is 0 Å². The van der Waals surface area contributed by atoms with Gasteiger partial charge in [0.25, 0.3) is 5.84 Å². The number of thiazole rings is 1. The Balaban J connectivity index is 1.63. The number of anilines is 1. The zero-order valence-electron chi connectivity index (χ0n) is 14.8. The van der Waals surface area contributed by atoms with Crippen LogP contribution in [0.1, 0.15) is 52.0 Å². The van der Waals surface area contributed by atoms with Crippen LogP contribution in [-0.2, 0) is 5.41 Å². The van der Waals surface area contributed by atoms with Gasteiger partial charge in [0.05, 0.1) is 18.7 Å². The number of nitrogens with one attached hydrogen (secondary N) is 3. The van der Waals surface area contributed by atoms with E-state index < -0.39 is 0 Å². The summed E-state index contributed by atoms with van der Waals surface area (Å²) in [5.74, 6) is 1.17. The first kappa shape index (κ1) is 17.0. The Morgan fingerprint density at radius 3 is 2.58 bits per heavy atom. The molecular formula is C19H27N4S+. The molecule has 0 radical (unpaired) electrons. The van der Waals surface area contributed by atoms with Crippen molar-refractivity contribution in [1.82, 2.24) is 10.4 Å². The number of rotatable bonds is 3. The van der Waals surface area contributed by atoms with Gasteiger partial charge in [-0.25, -0.2) is 10.4 Å². The largest absolute Gasteiger partial charge is 0.277 e. The molecule has 0 spiro atoms. The summed E-state index contributed by atoms with van der Waals surface area (Å²) in [6.07, 6.45) is 4.85. The molecule has 0 saturated heterocycles. The van der Waals surface area contributed by atoms with Gasteiger partial charge in [-0.15, -0.1) is 11.3 Å². The fourth-order valence-electron chi connectivity index (χ4n) is 2.77. The second kappa shape index (κ2) is 7.34. The molecule has 128 valence electrons. The van der Waals surface area contributed by atoms with Gasteiger partial charge in [0.15, 0.2) is 0 Å². The summed E-state index contributed by atoms with van der Waals surface area (Å²) in [5.41, 5.74) is 10.2. The molecule has 2 heterocycles. The monoisotopic (exact) mass is 343 g/mol. The SMILES string of the molecule is CC(C)(C)c1ccc(-c2csc(NNC3=[NH+]CCCCC3)n2)cc1. The first-order valence-electron chi connectivity index (χ1n) is 8.70. The van der Waals surface area contributed by atoms with Crippen molar-refractivity contribution in [2.24, 2.45) is 0 Å². The molecule has 1 aliphatic rings. The van der Waals surface area contributed by atoms with E-state index in [2.05, 4.69) is 71.2 Å². The van der Waals surface area contributed by atoms with Crippen LogP contribution in [0.5, 0.6) is 0 Å². The maximum Gasteiger partial charge on any atom is 0.265 e. The average Bonchev–Trinajstić information content (AvgIpc) is 2.88. The van der Waals surface area contributed by atoms with Crippen molar-refractivity contribution in [3.8, 4) is 11.3 Å². The van der Waals surface area contributed by atoms with Crippen LogP contribution in [0.2, 0.25) is 0 Å². The number of benzene rings is 1. The molecule has 3 N–H and O–H groups in total. The van der Waals surface area contributed by atoms with Crippen LogP contribution >= 0.6 is 11.3 Å². The van der Waals surface area contributed by atoms with Gasteiger partial charge in [-0.2, -0.15) is 5.43 Å². The second-order valence-electron chi connectivity index (χ2n) is 7.33. The Morgan fingerprint density at radius 1 is 1.04 bits per heavy atom. The molecule has 0 atom stereocenters. The second-order valence-corrected chi connectivity index (χ2v) is 8.19. The molecule has 4 nitrogen and oxygen atoms in total. The van der Waals surface area contributed by atoms with Crippen molar-refractivity contribution < 1.29 is 4.99 Å². The van der Waals surface area contributed by atoms with Crippen LogP contribution in [0, 0.1) is 0 Å². The van der Waals surface area contributed by atoms with Gasteiger partial charge in [-0.1, -0.05) is 45.0 Å². The molecule has 1 aromatic carbocycles. The van der Waals surface area contributed by atoms with Crippen LogP contribution in [0.4, 0.5) is 5.13 Å². The predicted molar refractivity (Wildman–Crippen MR) is 102 cm³/mol. The fourth-order valence-corrected chi connectivity index (χ4v) is 3.44. The van der Waals surface area contributed by atoms with E-state index in [-0.39, 0.29) is 5.41 Å². The van der Waals surface area contributed by atoms with Gasteiger partial charge in [0.1, 0.15) is 0 Å².